The van der Waals surface area contributed by atoms with E-state index in [1.807, 2.05) is 12.2 Å². The summed E-state index contributed by atoms with van der Waals surface area (Å²) in [5.41, 5.74) is 3.17. The first kappa shape index (κ1) is 10.0. The number of aliphatic imine (C=N–C) groups is 1. The molecule has 1 saturated carbocycles. The standard InChI is InChI=1S/C12H10N4O/c13-5-11-7-1-3-8(4-2-7)12(11,6-14)10(17)16-9(11)15/h1,3,7-8H,2,4H2,(H2,15,16,17)/t7-,8+,11+,12+/m1/s1. The summed E-state index contributed by atoms with van der Waals surface area (Å²) in [6, 6.07) is 4.20. The molecule has 0 spiro atoms. The predicted octanol–water partition coefficient (Wildman–Crippen LogP) is 0.500. The molecular formula is C12H10N4O. The first-order chi connectivity index (χ1) is 8.13. The number of hydrogen-bond donors (Lipinski definition) is 1. The Hall–Kier alpha value is -2.14. The van der Waals surface area contributed by atoms with E-state index < -0.39 is 16.7 Å². The Morgan fingerprint density at radius 2 is 1.76 bits per heavy atom. The second-order valence-corrected chi connectivity index (χ2v) is 4.82. The molecule has 0 aromatic rings. The van der Waals surface area contributed by atoms with Gasteiger partial charge in [0.05, 0.1) is 12.1 Å². The zero-order chi connectivity index (χ0) is 12.3. The van der Waals surface area contributed by atoms with Gasteiger partial charge < -0.3 is 5.73 Å². The summed E-state index contributed by atoms with van der Waals surface area (Å²) in [5.74, 6) is -0.939. The Balaban J connectivity index is 2.37. The fraction of sp³-hybridized carbons (Fsp3) is 0.500. The first-order valence-corrected chi connectivity index (χ1v) is 5.53. The maximum Gasteiger partial charge on any atom is 0.270 e. The molecule has 4 rings (SSSR count). The van der Waals surface area contributed by atoms with E-state index in [1.165, 1.54) is 0 Å². The Morgan fingerprint density at radius 3 is 2.18 bits per heavy atom. The largest absolute Gasteiger partial charge is 0.386 e. The number of nitriles is 2. The van der Waals surface area contributed by atoms with E-state index >= 15 is 0 Å². The van der Waals surface area contributed by atoms with Crippen molar-refractivity contribution in [3.8, 4) is 12.1 Å². The zero-order valence-electron chi connectivity index (χ0n) is 9.05. The summed E-state index contributed by atoms with van der Waals surface area (Å²) in [5, 5.41) is 19.0. The monoisotopic (exact) mass is 226 g/mol. The SMILES string of the molecule is N#C[C@]12C(N)=NC(=O)[C@]1(C#N)[C@H]1C=C[C@@H]2CC1. The van der Waals surface area contributed by atoms with Gasteiger partial charge in [0.2, 0.25) is 0 Å². The van der Waals surface area contributed by atoms with Crippen LogP contribution in [-0.4, -0.2) is 11.7 Å². The van der Waals surface area contributed by atoms with Crippen LogP contribution in [0.25, 0.3) is 0 Å². The minimum absolute atomic E-state index is 0.0191. The molecule has 4 aliphatic rings. The van der Waals surface area contributed by atoms with E-state index in [2.05, 4.69) is 17.1 Å². The van der Waals surface area contributed by atoms with Crippen molar-refractivity contribution >= 4 is 11.7 Å². The molecule has 4 atom stereocenters. The van der Waals surface area contributed by atoms with Crippen LogP contribution in [-0.2, 0) is 4.79 Å². The van der Waals surface area contributed by atoms with Crippen molar-refractivity contribution in [2.45, 2.75) is 12.8 Å². The fourth-order valence-electron chi connectivity index (χ4n) is 3.58. The molecular weight excluding hydrogens is 216 g/mol. The smallest absolute Gasteiger partial charge is 0.270 e. The molecule has 0 aromatic carbocycles. The van der Waals surface area contributed by atoms with Crippen LogP contribution in [0.4, 0.5) is 0 Å². The number of fused-ring (bicyclic) bond motifs is 1. The third-order valence-corrected chi connectivity index (χ3v) is 4.41. The van der Waals surface area contributed by atoms with Crippen LogP contribution in [0.3, 0.4) is 0 Å². The number of allylic oxidation sites excluding steroid dienone is 2. The van der Waals surface area contributed by atoms with E-state index in [-0.39, 0.29) is 17.7 Å². The summed E-state index contributed by atoms with van der Waals surface area (Å²) in [4.78, 5) is 15.8. The highest BCUT2D eigenvalue weighted by Gasteiger charge is 2.73. The molecule has 5 heteroatoms. The van der Waals surface area contributed by atoms with Gasteiger partial charge in [-0.15, -0.1) is 0 Å². The molecule has 17 heavy (non-hydrogen) atoms. The molecule has 1 heterocycles. The van der Waals surface area contributed by atoms with Gasteiger partial charge >= 0.3 is 0 Å². The molecule has 2 bridgehead atoms. The summed E-state index contributed by atoms with van der Waals surface area (Å²) >= 11 is 0. The third-order valence-electron chi connectivity index (χ3n) is 4.41. The minimum Gasteiger partial charge on any atom is -0.386 e. The molecule has 5 nitrogen and oxygen atoms in total. The number of nitrogens with zero attached hydrogens (tertiary/aromatic N) is 3. The molecule has 0 unspecified atom stereocenters. The van der Waals surface area contributed by atoms with Gasteiger partial charge in [0, 0.05) is 11.8 Å². The lowest BCUT2D eigenvalue weighted by molar-refractivity contribution is -0.131. The summed E-state index contributed by atoms with van der Waals surface area (Å²) < 4.78 is 0. The highest BCUT2D eigenvalue weighted by Crippen LogP contribution is 2.63. The average Bonchev–Trinajstić information content (AvgIpc) is 2.61. The average molecular weight is 226 g/mol. The molecule has 3 aliphatic carbocycles. The van der Waals surface area contributed by atoms with E-state index in [1.54, 1.807) is 0 Å². The zero-order valence-corrected chi connectivity index (χ0v) is 9.05. The molecule has 84 valence electrons. The summed E-state index contributed by atoms with van der Waals surface area (Å²) in [6.45, 7) is 0. The molecule has 1 fully saturated rings. The molecule has 0 aromatic heterocycles. The Labute approximate surface area is 98.2 Å². The van der Waals surface area contributed by atoms with Gasteiger partial charge in [-0.25, -0.2) is 0 Å². The van der Waals surface area contributed by atoms with Crippen LogP contribution < -0.4 is 5.73 Å². The second-order valence-electron chi connectivity index (χ2n) is 4.82. The van der Waals surface area contributed by atoms with Crippen molar-refractivity contribution in [1.82, 2.24) is 0 Å². The van der Waals surface area contributed by atoms with Gasteiger partial charge in [-0.2, -0.15) is 15.5 Å². The second kappa shape index (κ2) is 2.75. The topological polar surface area (TPSA) is 103 Å². The number of hydrogen-bond acceptors (Lipinski definition) is 4. The van der Waals surface area contributed by atoms with Crippen molar-refractivity contribution < 1.29 is 4.79 Å². The van der Waals surface area contributed by atoms with Crippen LogP contribution in [0.5, 0.6) is 0 Å². The van der Waals surface area contributed by atoms with Crippen molar-refractivity contribution in [2.24, 2.45) is 33.4 Å². The number of carbonyl (C=O) groups is 1. The normalized spacial score (nSPS) is 46.0. The summed E-state index contributed by atoms with van der Waals surface area (Å²) in [7, 11) is 0. The van der Waals surface area contributed by atoms with Crippen molar-refractivity contribution in [3.63, 3.8) is 0 Å². The van der Waals surface area contributed by atoms with E-state index in [0.717, 1.165) is 12.8 Å². The number of amides is 1. The maximum absolute atomic E-state index is 12.1. The summed E-state index contributed by atoms with van der Waals surface area (Å²) in [6.07, 6.45) is 5.31. The quantitative estimate of drug-likeness (QED) is 0.607. The predicted molar refractivity (Wildman–Crippen MR) is 58.1 cm³/mol. The van der Waals surface area contributed by atoms with Crippen LogP contribution >= 0.6 is 0 Å². The lowest BCUT2D eigenvalue weighted by Crippen LogP contribution is -2.59. The molecule has 0 radical (unpaired) electrons. The molecule has 0 saturated heterocycles. The van der Waals surface area contributed by atoms with Crippen molar-refractivity contribution in [1.29, 1.82) is 10.5 Å². The highest BCUT2D eigenvalue weighted by atomic mass is 16.2. The molecule has 1 amide bonds. The molecule has 1 aliphatic heterocycles. The maximum atomic E-state index is 12.1. The first-order valence-electron chi connectivity index (χ1n) is 5.53. The van der Waals surface area contributed by atoms with E-state index in [9.17, 15) is 15.3 Å². The van der Waals surface area contributed by atoms with Gasteiger partial charge in [-0.05, 0) is 12.8 Å². The van der Waals surface area contributed by atoms with Crippen LogP contribution in [0.2, 0.25) is 0 Å². The lowest BCUT2D eigenvalue weighted by atomic mass is 9.46. The van der Waals surface area contributed by atoms with Crippen molar-refractivity contribution in [3.05, 3.63) is 12.2 Å². The van der Waals surface area contributed by atoms with Gasteiger partial charge in [-0.1, -0.05) is 12.2 Å². The number of amidine groups is 1. The fourth-order valence-corrected chi connectivity index (χ4v) is 3.58. The molecule has 2 N–H and O–H groups in total. The third kappa shape index (κ3) is 0.754. The number of rotatable bonds is 0. The highest BCUT2D eigenvalue weighted by molar-refractivity contribution is 6.12. The Bertz CT molecular complexity index is 564. The van der Waals surface area contributed by atoms with Crippen LogP contribution in [0, 0.1) is 45.3 Å². The van der Waals surface area contributed by atoms with Crippen molar-refractivity contribution in [2.75, 3.05) is 0 Å². The minimum atomic E-state index is -1.39. The van der Waals surface area contributed by atoms with Gasteiger partial charge in [0.15, 0.2) is 5.41 Å². The van der Waals surface area contributed by atoms with E-state index in [4.69, 9.17) is 5.73 Å². The Morgan fingerprint density at radius 1 is 1.24 bits per heavy atom. The van der Waals surface area contributed by atoms with Gasteiger partial charge in [0.1, 0.15) is 11.3 Å². The van der Waals surface area contributed by atoms with E-state index in [0.29, 0.717) is 0 Å². The lowest BCUT2D eigenvalue weighted by Gasteiger charge is -2.50. The number of carbonyl (C=O) groups excluding carboxylic acids is 1. The number of nitrogens with two attached hydrogens (primary N) is 1. The van der Waals surface area contributed by atoms with Crippen LogP contribution in [0.1, 0.15) is 12.8 Å². The van der Waals surface area contributed by atoms with Gasteiger partial charge in [-0.3, -0.25) is 4.79 Å². The van der Waals surface area contributed by atoms with Crippen LogP contribution in [0.15, 0.2) is 17.1 Å². The van der Waals surface area contributed by atoms with Gasteiger partial charge in [0.25, 0.3) is 5.91 Å². The Kier molecular flexibility index (Phi) is 1.63.